The molecule has 0 unspecified atom stereocenters. The number of hydrogen-bond acceptors (Lipinski definition) is 3. The highest BCUT2D eigenvalue weighted by Crippen LogP contribution is 2.31. The van der Waals surface area contributed by atoms with Gasteiger partial charge in [0, 0.05) is 16.8 Å². The molecule has 0 aliphatic carbocycles. The molecule has 0 aliphatic heterocycles. The number of rotatable bonds is 3. The molecule has 2 nitrogen and oxygen atoms in total. The van der Waals surface area contributed by atoms with E-state index in [2.05, 4.69) is 57.3 Å². The van der Waals surface area contributed by atoms with E-state index < -0.39 is 0 Å². The lowest BCUT2D eigenvalue weighted by Crippen LogP contribution is -2.13. The lowest BCUT2D eigenvalue weighted by atomic mass is 9.92. The lowest BCUT2D eigenvalue weighted by molar-refractivity contribution is 0.570. The summed E-state index contributed by atoms with van der Waals surface area (Å²) < 4.78 is 0. The van der Waals surface area contributed by atoms with E-state index in [-0.39, 0.29) is 5.41 Å². The monoisotopic (exact) mass is 260 g/mol. The van der Waals surface area contributed by atoms with Crippen LogP contribution in [0.4, 0.5) is 5.13 Å². The number of aryl methyl sites for hydroxylation is 1. The smallest absolute Gasteiger partial charge is 0.183 e. The van der Waals surface area contributed by atoms with Crippen LogP contribution >= 0.6 is 11.3 Å². The van der Waals surface area contributed by atoms with Crippen LogP contribution in [0.5, 0.6) is 0 Å². The Morgan fingerprint density at radius 2 is 1.83 bits per heavy atom. The zero-order chi connectivity index (χ0) is 13.2. The molecule has 1 heterocycles. The minimum absolute atomic E-state index is 0.118. The summed E-state index contributed by atoms with van der Waals surface area (Å²) in [5.74, 6) is 0. The molecule has 0 spiro atoms. The van der Waals surface area contributed by atoms with Gasteiger partial charge >= 0.3 is 0 Å². The first-order valence-electron chi connectivity index (χ1n) is 6.22. The van der Waals surface area contributed by atoms with E-state index in [1.165, 1.54) is 16.1 Å². The van der Waals surface area contributed by atoms with Gasteiger partial charge in [0.2, 0.25) is 0 Å². The lowest BCUT2D eigenvalue weighted by Gasteiger charge is -2.16. The summed E-state index contributed by atoms with van der Waals surface area (Å²) in [5.41, 5.74) is 2.60. The normalized spacial score (nSPS) is 11.6. The Hall–Kier alpha value is -1.35. The highest BCUT2D eigenvalue weighted by atomic mass is 32.1. The molecule has 3 heteroatoms. The van der Waals surface area contributed by atoms with Crippen LogP contribution in [0.15, 0.2) is 30.3 Å². The predicted molar refractivity (Wildman–Crippen MR) is 79.3 cm³/mol. The maximum atomic E-state index is 4.70. The Bertz CT molecular complexity index is 509. The maximum absolute atomic E-state index is 4.70. The molecular formula is C15H20N2S. The second-order valence-electron chi connectivity index (χ2n) is 5.51. The maximum Gasteiger partial charge on any atom is 0.183 e. The van der Waals surface area contributed by atoms with Crippen LogP contribution in [0.1, 0.15) is 36.9 Å². The number of thiazole rings is 1. The zero-order valence-corrected chi connectivity index (χ0v) is 12.3. The SMILES string of the molecule is Cc1sc(NCc2ccccc2)nc1C(C)(C)C. The molecule has 0 atom stereocenters. The quantitative estimate of drug-likeness (QED) is 0.887. The standard InChI is InChI=1S/C15H20N2S/c1-11-13(15(2,3)4)17-14(18-11)16-10-12-8-6-5-7-9-12/h5-9H,10H2,1-4H3,(H,16,17). The summed E-state index contributed by atoms with van der Waals surface area (Å²) >= 11 is 1.74. The fourth-order valence-corrected chi connectivity index (χ4v) is 2.96. The molecule has 1 aromatic carbocycles. The largest absolute Gasteiger partial charge is 0.357 e. The minimum Gasteiger partial charge on any atom is -0.357 e. The average Bonchev–Trinajstić information content (AvgIpc) is 2.69. The minimum atomic E-state index is 0.118. The topological polar surface area (TPSA) is 24.9 Å². The molecule has 0 radical (unpaired) electrons. The number of hydrogen-bond donors (Lipinski definition) is 1. The van der Waals surface area contributed by atoms with Gasteiger partial charge < -0.3 is 5.32 Å². The van der Waals surface area contributed by atoms with E-state index in [4.69, 9.17) is 4.98 Å². The summed E-state index contributed by atoms with van der Waals surface area (Å²) in [7, 11) is 0. The predicted octanol–water partition coefficient (Wildman–Crippen LogP) is 4.36. The Balaban J connectivity index is 2.07. The highest BCUT2D eigenvalue weighted by molar-refractivity contribution is 7.15. The van der Waals surface area contributed by atoms with Crippen LogP contribution in [-0.4, -0.2) is 4.98 Å². The third kappa shape index (κ3) is 3.10. The van der Waals surface area contributed by atoms with Crippen LogP contribution in [0.3, 0.4) is 0 Å². The molecule has 1 aromatic heterocycles. The van der Waals surface area contributed by atoms with Crippen molar-refractivity contribution >= 4 is 16.5 Å². The molecule has 1 N–H and O–H groups in total. The van der Waals surface area contributed by atoms with Gasteiger partial charge in [0.25, 0.3) is 0 Å². The second-order valence-corrected chi connectivity index (χ2v) is 6.72. The molecule has 0 amide bonds. The van der Waals surface area contributed by atoms with Crippen molar-refractivity contribution in [2.75, 3.05) is 5.32 Å². The number of nitrogens with zero attached hydrogens (tertiary/aromatic N) is 1. The molecule has 0 bridgehead atoms. The number of aromatic nitrogens is 1. The molecule has 18 heavy (non-hydrogen) atoms. The molecule has 96 valence electrons. The van der Waals surface area contributed by atoms with Crippen molar-refractivity contribution < 1.29 is 0 Å². The first-order valence-corrected chi connectivity index (χ1v) is 7.04. The van der Waals surface area contributed by atoms with Crippen molar-refractivity contribution in [3.05, 3.63) is 46.5 Å². The summed E-state index contributed by atoms with van der Waals surface area (Å²) in [6.07, 6.45) is 0. The van der Waals surface area contributed by atoms with E-state index in [9.17, 15) is 0 Å². The number of anilines is 1. The Labute approximate surface area is 113 Å². The van der Waals surface area contributed by atoms with Gasteiger partial charge in [-0.1, -0.05) is 51.1 Å². The van der Waals surface area contributed by atoms with Crippen LogP contribution in [0.25, 0.3) is 0 Å². The third-order valence-electron chi connectivity index (χ3n) is 2.79. The van der Waals surface area contributed by atoms with Gasteiger partial charge in [-0.3, -0.25) is 0 Å². The molecule has 0 saturated heterocycles. The van der Waals surface area contributed by atoms with Gasteiger partial charge in [-0.15, -0.1) is 11.3 Å². The molecule has 0 aliphatic rings. The van der Waals surface area contributed by atoms with E-state index in [1.54, 1.807) is 11.3 Å². The molecule has 2 rings (SSSR count). The Kier molecular flexibility index (Phi) is 3.71. The zero-order valence-electron chi connectivity index (χ0n) is 11.4. The van der Waals surface area contributed by atoms with Crippen molar-refractivity contribution in [3.8, 4) is 0 Å². The summed E-state index contributed by atoms with van der Waals surface area (Å²) in [6, 6.07) is 10.4. The van der Waals surface area contributed by atoms with Gasteiger partial charge in [0.05, 0.1) is 5.69 Å². The first-order chi connectivity index (χ1) is 8.47. The number of benzene rings is 1. The molecule has 0 saturated carbocycles. The van der Waals surface area contributed by atoms with Crippen LogP contribution in [-0.2, 0) is 12.0 Å². The van der Waals surface area contributed by atoms with Crippen LogP contribution in [0, 0.1) is 6.92 Å². The fourth-order valence-electron chi connectivity index (χ4n) is 1.94. The van der Waals surface area contributed by atoms with Gasteiger partial charge in [-0.2, -0.15) is 0 Å². The second kappa shape index (κ2) is 5.11. The van der Waals surface area contributed by atoms with Crippen LogP contribution < -0.4 is 5.32 Å². The molecule has 2 aromatic rings. The van der Waals surface area contributed by atoms with Crippen molar-refractivity contribution in [3.63, 3.8) is 0 Å². The first kappa shape index (κ1) is 13.1. The van der Waals surface area contributed by atoms with E-state index in [0.29, 0.717) is 0 Å². The van der Waals surface area contributed by atoms with Crippen molar-refractivity contribution in [1.82, 2.24) is 4.98 Å². The van der Waals surface area contributed by atoms with Gasteiger partial charge in [0.1, 0.15) is 0 Å². The fraction of sp³-hybridized carbons (Fsp3) is 0.400. The number of nitrogens with one attached hydrogen (secondary N) is 1. The van der Waals surface area contributed by atoms with Gasteiger partial charge in [0.15, 0.2) is 5.13 Å². The summed E-state index contributed by atoms with van der Waals surface area (Å²) in [4.78, 5) is 6.01. The molecule has 0 fully saturated rings. The van der Waals surface area contributed by atoms with E-state index in [1.807, 2.05) is 6.07 Å². The van der Waals surface area contributed by atoms with Gasteiger partial charge in [-0.05, 0) is 12.5 Å². The summed E-state index contributed by atoms with van der Waals surface area (Å²) in [5, 5.41) is 4.42. The van der Waals surface area contributed by atoms with Gasteiger partial charge in [-0.25, -0.2) is 4.98 Å². The Morgan fingerprint density at radius 1 is 1.17 bits per heavy atom. The van der Waals surface area contributed by atoms with Crippen LogP contribution in [0.2, 0.25) is 0 Å². The third-order valence-corrected chi connectivity index (χ3v) is 3.72. The molecular weight excluding hydrogens is 240 g/mol. The van der Waals surface area contributed by atoms with Crippen molar-refractivity contribution in [2.45, 2.75) is 39.7 Å². The highest BCUT2D eigenvalue weighted by Gasteiger charge is 2.20. The Morgan fingerprint density at radius 3 is 2.39 bits per heavy atom. The van der Waals surface area contributed by atoms with Crippen molar-refractivity contribution in [1.29, 1.82) is 0 Å². The van der Waals surface area contributed by atoms with E-state index >= 15 is 0 Å². The summed E-state index contributed by atoms with van der Waals surface area (Å²) in [6.45, 7) is 9.59. The average molecular weight is 260 g/mol. The van der Waals surface area contributed by atoms with E-state index in [0.717, 1.165) is 11.7 Å². The van der Waals surface area contributed by atoms with Crippen molar-refractivity contribution in [2.24, 2.45) is 0 Å².